The van der Waals surface area contributed by atoms with E-state index in [4.69, 9.17) is 4.42 Å². The van der Waals surface area contributed by atoms with Crippen molar-refractivity contribution in [2.45, 2.75) is 12.8 Å². The van der Waals surface area contributed by atoms with Crippen molar-refractivity contribution < 1.29 is 9.21 Å². The second-order valence-corrected chi connectivity index (χ2v) is 7.07. The molecule has 2 aromatic heterocycles. The lowest BCUT2D eigenvalue weighted by atomic mass is 9.96. The van der Waals surface area contributed by atoms with Gasteiger partial charge in [0.05, 0.1) is 11.4 Å². The fourth-order valence-electron chi connectivity index (χ4n) is 3.67. The van der Waals surface area contributed by atoms with Crippen molar-refractivity contribution in [3.05, 3.63) is 61.2 Å². The molecule has 1 N–H and O–H groups in total. The maximum atomic E-state index is 12.9. The standard InChI is InChI=1S/C21H20N6O2/c28-20(24-16-5-1-3-7-18(16)27-14-22-13-23-27)15-9-11-26(12-10-15)21-25-17-6-2-4-8-19(17)29-21/h1-8,13-15H,9-12H2,(H,24,28). The summed E-state index contributed by atoms with van der Waals surface area (Å²) in [6, 6.07) is 15.9. The molecular weight excluding hydrogens is 368 g/mol. The first kappa shape index (κ1) is 17.4. The van der Waals surface area contributed by atoms with E-state index in [2.05, 4.69) is 25.3 Å². The van der Waals surface area contributed by atoms with E-state index in [9.17, 15) is 4.79 Å². The van der Waals surface area contributed by atoms with Crippen molar-refractivity contribution in [1.29, 1.82) is 0 Å². The number of oxazole rings is 1. The van der Waals surface area contributed by atoms with E-state index < -0.39 is 0 Å². The molecule has 1 amide bonds. The number of benzene rings is 2. The van der Waals surface area contributed by atoms with Crippen LogP contribution in [0.3, 0.4) is 0 Å². The molecule has 0 atom stereocenters. The molecule has 0 spiro atoms. The number of amides is 1. The number of carbonyl (C=O) groups excluding carboxylic acids is 1. The quantitative estimate of drug-likeness (QED) is 0.577. The van der Waals surface area contributed by atoms with Gasteiger partial charge in [0.2, 0.25) is 5.91 Å². The Morgan fingerprint density at radius 1 is 1.07 bits per heavy atom. The molecular formula is C21H20N6O2. The van der Waals surface area contributed by atoms with Gasteiger partial charge in [-0.3, -0.25) is 4.79 Å². The predicted octanol–water partition coefficient (Wildman–Crippen LogP) is 3.26. The van der Waals surface area contributed by atoms with Gasteiger partial charge >= 0.3 is 0 Å². The Morgan fingerprint density at radius 2 is 1.86 bits per heavy atom. The number of anilines is 2. The highest BCUT2D eigenvalue weighted by Crippen LogP contribution is 2.27. The molecule has 0 bridgehead atoms. The maximum absolute atomic E-state index is 12.9. The lowest BCUT2D eigenvalue weighted by Crippen LogP contribution is -2.38. The minimum absolute atomic E-state index is 0.0229. The number of piperidine rings is 1. The molecule has 29 heavy (non-hydrogen) atoms. The van der Waals surface area contributed by atoms with Gasteiger partial charge in [-0.1, -0.05) is 24.3 Å². The average molecular weight is 388 g/mol. The topological polar surface area (TPSA) is 89.1 Å². The fraction of sp³-hybridized carbons (Fsp3) is 0.238. The molecule has 1 fully saturated rings. The molecule has 0 saturated carbocycles. The Morgan fingerprint density at radius 3 is 2.66 bits per heavy atom. The van der Waals surface area contributed by atoms with Gasteiger partial charge in [-0.2, -0.15) is 10.1 Å². The molecule has 8 nitrogen and oxygen atoms in total. The Hall–Kier alpha value is -3.68. The first-order valence-electron chi connectivity index (χ1n) is 9.63. The summed E-state index contributed by atoms with van der Waals surface area (Å²) in [5.74, 6) is -0.0331. The smallest absolute Gasteiger partial charge is 0.298 e. The molecule has 1 aliphatic heterocycles. The Kier molecular flexibility index (Phi) is 4.44. The predicted molar refractivity (Wildman–Crippen MR) is 109 cm³/mol. The number of para-hydroxylation sites is 4. The zero-order valence-electron chi connectivity index (χ0n) is 15.7. The third kappa shape index (κ3) is 3.44. The number of carbonyl (C=O) groups is 1. The number of aromatic nitrogens is 4. The van der Waals surface area contributed by atoms with Crippen LogP contribution in [0.5, 0.6) is 0 Å². The number of hydrogen-bond donors (Lipinski definition) is 1. The van der Waals surface area contributed by atoms with Crippen LogP contribution in [-0.4, -0.2) is 38.7 Å². The van der Waals surface area contributed by atoms with Crippen LogP contribution < -0.4 is 10.2 Å². The van der Waals surface area contributed by atoms with Gasteiger partial charge in [-0.05, 0) is 37.1 Å². The van der Waals surface area contributed by atoms with Crippen LogP contribution in [0.2, 0.25) is 0 Å². The molecule has 0 aliphatic carbocycles. The summed E-state index contributed by atoms with van der Waals surface area (Å²) in [6.45, 7) is 1.46. The molecule has 1 aliphatic rings. The Bertz CT molecular complexity index is 1100. The number of fused-ring (bicyclic) bond motifs is 1. The molecule has 2 aromatic carbocycles. The van der Waals surface area contributed by atoms with Crippen molar-refractivity contribution in [3.8, 4) is 5.69 Å². The summed E-state index contributed by atoms with van der Waals surface area (Å²) in [5.41, 5.74) is 3.16. The molecule has 146 valence electrons. The van der Waals surface area contributed by atoms with E-state index in [0.717, 1.165) is 48.4 Å². The zero-order valence-corrected chi connectivity index (χ0v) is 15.7. The number of rotatable bonds is 4. The van der Waals surface area contributed by atoms with Gasteiger partial charge in [0.1, 0.15) is 18.2 Å². The number of nitrogens with zero attached hydrogens (tertiary/aromatic N) is 5. The molecule has 8 heteroatoms. The van der Waals surface area contributed by atoms with Crippen LogP contribution in [0.25, 0.3) is 16.8 Å². The molecule has 4 aromatic rings. The summed E-state index contributed by atoms with van der Waals surface area (Å²) in [7, 11) is 0. The Labute approximate surface area is 167 Å². The molecule has 0 unspecified atom stereocenters. The lowest BCUT2D eigenvalue weighted by molar-refractivity contribution is -0.120. The summed E-state index contributed by atoms with van der Waals surface area (Å²) in [6.07, 6.45) is 4.58. The van der Waals surface area contributed by atoms with Gasteiger partial charge in [0.25, 0.3) is 6.01 Å². The summed E-state index contributed by atoms with van der Waals surface area (Å²) in [4.78, 5) is 23.5. The minimum Gasteiger partial charge on any atom is -0.423 e. The normalized spacial score (nSPS) is 15.0. The van der Waals surface area contributed by atoms with Gasteiger partial charge in [-0.15, -0.1) is 0 Å². The molecule has 5 rings (SSSR count). The van der Waals surface area contributed by atoms with Crippen molar-refractivity contribution in [2.75, 3.05) is 23.3 Å². The first-order valence-corrected chi connectivity index (χ1v) is 9.63. The average Bonchev–Trinajstić information content (AvgIpc) is 3.44. The second kappa shape index (κ2) is 7.38. The van der Waals surface area contributed by atoms with Crippen LogP contribution in [0.4, 0.5) is 11.7 Å². The van der Waals surface area contributed by atoms with Gasteiger partial charge in [0.15, 0.2) is 5.58 Å². The van der Waals surface area contributed by atoms with Crippen LogP contribution >= 0.6 is 0 Å². The van der Waals surface area contributed by atoms with E-state index in [1.807, 2.05) is 48.5 Å². The summed E-state index contributed by atoms with van der Waals surface area (Å²) >= 11 is 0. The monoisotopic (exact) mass is 388 g/mol. The Balaban J connectivity index is 1.25. The van der Waals surface area contributed by atoms with E-state index in [-0.39, 0.29) is 11.8 Å². The first-order chi connectivity index (χ1) is 14.3. The van der Waals surface area contributed by atoms with Crippen molar-refractivity contribution in [3.63, 3.8) is 0 Å². The van der Waals surface area contributed by atoms with E-state index >= 15 is 0 Å². The maximum Gasteiger partial charge on any atom is 0.298 e. The zero-order chi connectivity index (χ0) is 19.6. The highest BCUT2D eigenvalue weighted by Gasteiger charge is 2.27. The van der Waals surface area contributed by atoms with Crippen molar-refractivity contribution >= 4 is 28.7 Å². The SMILES string of the molecule is O=C(Nc1ccccc1-n1cncn1)C1CCN(c2nc3ccccc3o2)CC1. The lowest BCUT2D eigenvalue weighted by Gasteiger charge is -2.30. The van der Waals surface area contributed by atoms with Crippen LogP contribution in [0.1, 0.15) is 12.8 Å². The fourth-order valence-corrected chi connectivity index (χ4v) is 3.67. The minimum atomic E-state index is -0.0561. The van der Waals surface area contributed by atoms with Gasteiger partial charge in [0, 0.05) is 19.0 Å². The van der Waals surface area contributed by atoms with Gasteiger partial charge < -0.3 is 14.6 Å². The van der Waals surface area contributed by atoms with Crippen molar-refractivity contribution in [2.24, 2.45) is 5.92 Å². The largest absolute Gasteiger partial charge is 0.423 e. The summed E-state index contributed by atoms with van der Waals surface area (Å²) in [5, 5.41) is 7.22. The number of hydrogen-bond acceptors (Lipinski definition) is 6. The molecule has 1 saturated heterocycles. The van der Waals surface area contributed by atoms with Crippen molar-refractivity contribution in [1.82, 2.24) is 19.7 Å². The van der Waals surface area contributed by atoms with E-state index in [1.54, 1.807) is 11.0 Å². The van der Waals surface area contributed by atoms with Crippen LogP contribution in [0, 0.1) is 5.92 Å². The third-order valence-electron chi connectivity index (χ3n) is 5.25. The van der Waals surface area contributed by atoms with Crippen LogP contribution in [0.15, 0.2) is 65.6 Å². The second-order valence-electron chi connectivity index (χ2n) is 7.07. The van der Waals surface area contributed by atoms with Gasteiger partial charge in [-0.25, -0.2) is 9.67 Å². The summed E-state index contributed by atoms with van der Waals surface area (Å²) < 4.78 is 7.50. The highest BCUT2D eigenvalue weighted by molar-refractivity contribution is 5.94. The van der Waals surface area contributed by atoms with E-state index in [1.165, 1.54) is 6.33 Å². The third-order valence-corrected chi connectivity index (χ3v) is 5.25. The highest BCUT2D eigenvalue weighted by atomic mass is 16.4. The van der Waals surface area contributed by atoms with E-state index in [0.29, 0.717) is 6.01 Å². The molecule has 0 radical (unpaired) electrons. The number of nitrogens with one attached hydrogen (secondary N) is 1. The molecule has 3 heterocycles. The van der Waals surface area contributed by atoms with Crippen LogP contribution in [-0.2, 0) is 4.79 Å².